The molecule has 0 fully saturated rings. The highest BCUT2D eigenvalue weighted by atomic mass is 127. The minimum Gasteiger partial charge on any atom is -0.479 e. The second-order valence-electron chi connectivity index (χ2n) is 3.49. The second kappa shape index (κ2) is 5.79. The molecule has 6 heteroatoms. The summed E-state index contributed by atoms with van der Waals surface area (Å²) in [5.41, 5.74) is 0.874. The van der Waals surface area contributed by atoms with Crippen molar-refractivity contribution in [2.24, 2.45) is 0 Å². The van der Waals surface area contributed by atoms with Gasteiger partial charge in [0.15, 0.2) is 11.9 Å². The molecule has 2 atom stereocenters. The van der Waals surface area contributed by atoms with E-state index in [-0.39, 0.29) is 11.3 Å². The van der Waals surface area contributed by atoms with Gasteiger partial charge in [0.25, 0.3) is 0 Å². The number of aliphatic hydroxyl groups excluding tert-OH is 1. The summed E-state index contributed by atoms with van der Waals surface area (Å²) in [5, 5.41) is 17.4. The van der Waals surface area contributed by atoms with Crippen molar-refractivity contribution in [3.8, 4) is 0 Å². The lowest BCUT2D eigenvalue weighted by Crippen LogP contribution is -2.12. The molecule has 4 nitrogen and oxygen atoms in total. The molecule has 0 amide bonds. The lowest BCUT2D eigenvalue weighted by molar-refractivity contribution is -0.147. The zero-order chi connectivity index (χ0) is 13.2. The van der Waals surface area contributed by atoms with Gasteiger partial charge in [-0.1, -0.05) is 12.1 Å². The molecule has 2 N–H and O–H groups in total. The average molecular weight is 369 g/mol. The predicted molar refractivity (Wildman–Crippen MR) is 71.0 cm³/mol. The van der Waals surface area contributed by atoms with Crippen LogP contribution in [0.3, 0.4) is 0 Å². The van der Waals surface area contributed by atoms with Crippen molar-refractivity contribution in [2.75, 3.05) is 0 Å². The maximum absolute atomic E-state index is 11.1. The van der Waals surface area contributed by atoms with Gasteiger partial charge in [0, 0.05) is 9.13 Å². The van der Waals surface area contributed by atoms with Crippen LogP contribution in [0.4, 0.5) is 0 Å². The molecule has 17 heavy (non-hydrogen) atoms. The highest BCUT2D eigenvalue weighted by Gasteiger charge is 2.20. The van der Waals surface area contributed by atoms with Crippen molar-refractivity contribution in [1.29, 1.82) is 0 Å². The van der Waals surface area contributed by atoms with E-state index in [0.717, 1.165) is 0 Å². The molecule has 0 saturated carbocycles. The van der Waals surface area contributed by atoms with E-state index >= 15 is 0 Å². The number of hydrogen-bond acceptors (Lipinski definition) is 3. The Kier molecular flexibility index (Phi) is 4.91. The lowest BCUT2D eigenvalue weighted by Gasteiger charge is -2.12. The molecule has 0 radical (unpaired) electrons. The van der Waals surface area contributed by atoms with Crippen LogP contribution in [0.25, 0.3) is 0 Å². The number of carbonyl (C=O) groups excluding carboxylic acids is 1. The van der Waals surface area contributed by atoms with Crippen LogP contribution < -0.4 is 0 Å². The maximum atomic E-state index is 11.1. The van der Waals surface area contributed by atoms with Gasteiger partial charge in [-0.25, -0.2) is 4.79 Å². The number of rotatable bonds is 4. The van der Waals surface area contributed by atoms with Crippen molar-refractivity contribution >= 4 is 45.9 Å². The molecule has 1 aromatic rings. The third kappa shape index (κ3) is 3.40. The summed E-state index contributed by atoms with van der Waals surface area (Å²) in [6, 6.07) is 4.61. The van der Waals surface area contributed by atoms with Crippen molar-refractivity contribution in [1.82, 2.24) is 0 Å². The van der Waals surface area contributed by atoms with Gasteiger partial charge in [-0.3, -0.25) is 4.79 Å². The molecule has 0 aromatic heterocycles. The Labute approximate surface area is 117 Å². The van der Waals surface area contributed by atoms with E-state index in [4.69, 9.17) is 16.7 Å². The number of aliphatic carboxylic acids is 1. The van der Waals surface area contributed by atoms with Gasteiger partial charge in [0.1, 0.15) is 5.38 Å². The summed E-state index contributed by atoms with van der Waals surface area (Å²) in [5.74, 6) is -1.50. The molecular formula is C11H10ClIO4. The molecule has 0 aliphatic heterocycles. The summed E-state index contributed by atoms with van der Waals surface area (Å²) in [6.45, 7) is 1.38. The third-order valence-corrected chi connectivity index (χ3v) is 3.70. The van der Waals surface area contributed by atoms with E-state index in [1.165, 1.54) is 13.0 Å². The van der Waals surface area contributed by atoms with E-state index in [0.29, 0.717) is 9.13 Å². The minimum atomic E-state index is -1.57. The monoisotopic (exact) mass is 368 g/mol. The Morgan fingerprint density at radius 1 is 1.41 bits per heavy atom. The van der Waals surface area contributed by atoms with Crippen LogP contribution in [0.5, 0.6) is 0 Å². The summed E-state index contributed by atoms with van der Waals surface area (Å²) < 4.78 is 0.557. The molecule has 0 heterocycles. The van der Waals surface area contributed by atoms with Crippen molar-refractivity contribution < 1.29 is 19.8 Å². The van der Waals surface area contributed by atoms with E-state index < -0.39 is 17.5 Å². The van der Waals surface area contributed by atoms with Crippen LogP contribution in [0, 0.1) is 3.57 Å². The molecule has 0 aliphatic carbocycles. The molecule has 2 unspecified atom stereocenters. The molecule has 0 saturated heterocycles. The van der Waals surface area contributed by atoms with Gasteiger partial charge < -0.3 is 10.2 Å². The number of Topliss-reactive ketones (excluding diaryl/α,β-unsaturated/α-hetero) is 1. The van der Waals surface area contributed by atoms with Gasteiger partial charge in [0.05, 0.1) is 0 Å². The Bertz CT molecular complexity index is 461. The van der Waals surface area contributed by atoms with Crippen molar-refractivity contribution in [3.63, 3.8) is 0 Å². The molecule has 92 valence electrons. The van der Waals surface area contributed by atoms with Crippen LogP contribution >= 0.6 is 34.2 Å². The Morgan fingerprint density at radius 2 is 2.00 bits per heavy atom. The lowest BCUT2D eigenvalue weighted by atomic mass is 10.0. The molecular weight excluding hydrogens is 358 g/mol. The van der Waals surface area contributed by atoms with Crippen LogP contribution in [0.2, 0.25) is 0 Å². The molecule has 1 rings (SSSR count). The third-order valence-electron chi connectivity index (χ3n) is 2.20. The summed E-state index contributed by atoms with van der Waals surface area (Å²) in [7, 11) is 0. The Balaban J connectivity index is 3.10. The van der Waals surface area contributed by atoms with Crippen molar-refractivity contribution in [3.05, 3.63) is 32.9 Å². The maximum Gasteiger partial charge on any atom is 0.337 e. The second-order valence-corrected chi connectivity index (χ2v) is 5.09. The van der Waals surface area contributed by atoms with E-state index in [9.17, 15) is 14.7 Å². The van der Waals surface area contributed by atoms with Crippen LogP contribution in [0.15, 0.2) is 18.2 Å². The van der Waals surface area contributed by atoms with Gasteiger partial charge in [0.2, 0.25) is 0 Å². The largest absolute Gasteiger partial charge is 0.479 e. The summed E-state index contributed by atoms with van der Waals surface area (Å²) in [4.78, 5) is 21.8. The highest BCUT2D eigenvalue weighted by molar-refractivity contribution is 14.1. The fourth-order valence-corrected chi connectivity index (χ4v) is 2.26. The predicted octanol–water partition coefficient (Wildman–Crippen LogP) is 2.28. The molecule has 0 spiro atoms. The zero-order valence-electron chi connectivity index (χ0n) is 8.85. The fraction of sp³-hybridized carbons (Fsp3) is 0.273. The first-order chi connectivity index (χ1) is 7.84. The van der Waals surface area contributed by atoms with Crippen LogP contribution in [0.1, 0.15) is 29.5 Å². The van der Waals surface area contributed by atoms with E-state index in [1.807, 2.05) is 22.6 Å². The average Bonchev–Trinajstić information content (AvgIpc) is 2.26. The normalized spacial score (nSPS) is 14.1. The minimum absolute atomic E-state index is 0.186. The topological polar surface area (TPSA) is 74.6 Å². The first-order valence-corrected chi connectivity index (χ1v) is 6.21. The number of carboxylic acids is 1. The fourth-order valence-electron chi connectivity index (χ4n) is 1.29. The van der Waals surface area contributed by atoms with Crippen LogP contribution in [-0.2, 0) is 9.59 Å². The first-order valence-electron chi connectivity index (χ1n) is 4.69. The quantitative estimate of drug-likeness (QED) is 0.632. The number of halogens is 2. The summed E-state index contributed by atoms with van der Waals surface area (Å²) in [6.07, 6.45) is -1.57. The first kappa shape index (κ1) is 14.4. The van der Waals surface area contributed by atoms with Crippen molar-refractivity contribution in [2.45, 2.75) is 18.4 Å². The highest BCUT2D eigenvalue weighted by Crippen LogP contribution is 2.27. The Hall–Kier alpha value is -0.660. The van der Waals surface area contributed by atoms with Crippen LogP contribution in [-0.4, -0.2) is 22.0 Å². The number of ketones is 1. The zero-order valence-corrected chi connectivity index (χ0v) is 11.8. The van der Waals surface area contributed by atoms with Gasteiger partial charge in [-0.05, 0) is 41.1 Å². The number of hydrogen-bond donors (Lipinski definition) is 2. The van der Waals surface area contributed by atoms with E-state index in [2.05, 4.69) is 0 Å². The molecule has 0 bridgehead atoms. The van der Waals surface area contributed by atoms with E-state index in [1.54, 1.807) is 12.1 Å². The number of aliphatic hydroxyl groups is 1. The smallest absolute Gasteiger partial charge is 0.337 e. The van der Waals surface area contributed by atoms with Gasteiger partial charge in [-0.2, -0.15) is 0 Å². The Morgan fingerprint density at radius 3 is 2.41 bits per heavy atom. The molecule has 1 aromatic carbocycles. The summed E-state index contributed by atoms with van der Waals surface area (Å²) >= 11 is 7.77. The number of alkyl halides is 1. The van der Waals surface area contributed by atoms with Gasteiger partial charge >= 0.3 is 5.97 Å². The SMILES string of the molecule is CC(=O)C(Cl)c1ccc(C(O)C(=O)O)c(I)c1. The number of benzene rings is 1. The molecule has 0 aliphatic rings. The van der Waals surface area contributed by atoms with Gasteiger partial charge in [-0.15, -0.1) is 11.6 Å². The number of carboxylic acid groups (broad SMARTS) is 1. The number of carbonyl (C=O) groups is 2. The standard InChI is InChI=1S/C11H10ClIO4/c1-5(14)9(12)6-2-3-7(8(13)4-6)10(15)11(16)17/h2-4,9-10,15H,1H3,(H,16,17).